The Balaban J connectivity index is 0.00000144. The minimum atomic E-state index is -1.39. The first-order chi connectivity index (χ1) is 10.4. The molecular formula is C16H16BLiN4. The summed E-state index contributed by atoms with van der Waals surface area (Å²) in [5, 5.41) is 0. The van der Waals surface area contributed by atoms with Crippen molar-refractivity contribution in [2.24, 2.45) is 0 Å². The predicted molar refractivity (Wildman–Crippen MR) is 85.1 cm³/mol. The summed E-state index contributed by atoms with van der Waals surface area (Å²) in [6, 6.07) is 16.5. The summed E-state index contributed by atoms with van der Waals surface area (Å²) >= 11 is 0. The van der Waals surface area contributed by atoms with Crippen molar-refractivity contribution in [3.8, 4) is 0 Å². The minimum absolute atomic E-state index is 0. The van der Waals surface area contributed by atoms with E-state index < -0.39 is 6.69 Å². The number of nitrogens with zero attached hydrogens (tertiary/aromatic N) is 4. The smallest absolute Gasteiger partial charge is 0.472 e. The third-order valence-electron chi connectivity index (χ3n) is 4.11. The monoisotopic (exact) mass is 282 g/mol. The van der Waals surface area contributed by atoms with Crippen LogP contribution in [0.4, 0.5) is 0 Å². The molecule has 4 aromatic heterocycles. The molecule has 0 aliphatic carbocycles. The van der Waals surface area contributed by atoms with E-state index in [-0.39, 0.29) is 18.9 Å². The van der Waals surface area contributed by atoms with E-state index in [0.29, 0.717) is 0 Å². The van der Waals surface area contributed by atoms with Crippen LogP contribution in [0.2, 0.25) is 0 Å². The van der Waals surface area contributed by atoms with Crippen molar-refractivity contribution in [3.05, 3.63) is 98.1 Å². The number of aromatic nitrogens is 4. The van der Waals surface area contributed by atoms with Gasteiger partial charge in [0.2, 0.25) is 0 Å². The van der Waals surface area contributed by atoms with Crippen molar-refractivity contribution in [1.29, 1.82) is 0 Å². The first kappa shape index (κ1) is 14.7. The summed E-state index contributed by atoms with van der Waals surface area (Å²) in [5.74, 6) is 0. The second-order valence-corrected chi connectivity index (χ2v) is 5.21. The van der Waals surface area contributed by atoms with E-state index in [9.17, 15) is 0 Å². The molecule has 0 aliphatic heterocycles. The quantitative estimate of drug-likeness (QED) is 0.463. The summed E-state index contributed by atoms with van der Waals surface area (Å²) in [6.07, 6.45) is 16.9. The maximum absolute atomic E-state index is 2.25. The third kappa shape index (κ3) is 2.02. The molecule has 6 heteroatoms. The van der Waals surface area contributed by atoms with Crippen molar-refractivity contribution in [2.75, 3.05) is 0 Å². The normalized spacial score (nSPS) is 11.3. The van der Waals surface area contributed by atoms with Gasteiger partial charge in [-0.3, -0.25) is 0 Å². The Morgan fingerprint density at radius 1 is 0.364 bits per heavy atom. The minimum Gasteiger partial charge on any atom is -0.472 e. The van der Waals surface area contributed by atoms with E-state index in [4.69, 9.17) is 0 Å². The van der Waals surface area contributed by atoms with Crippen LogP contribution in [0.5, 0.6) is 0 Å². The van der Waals surface area contributed by atoms with Crippen LogP contribution in [0, 0.1) is 0 Å². The van der Waals surface area contributed by atoms with Gasteiger partial charge in [-0.05, 0) is 98.1 Å². The van der Waals surface area contributed by atoms with E-state index in [1.807, 2.05) is 0 Å². The first-order valence-corrected chi connectivity index (χ1v) is 7.10. The van der Waals surface area contributed by atoms with Crippen molar-refractivity contribution < 1.29 is 18.9 Å². The first-order valence-electron chi connectivity index (χ1n) is 7.10. The Hall–Kier alpha value is -2.22. The number of hydrogen-bond acceptors (Lipinski definition) is 0. The maximum Gasteiger partial charge on any atom is 1.00 e. The zero-order valence-corrected chi connectivity index (χ0v) is 12.6. The average molecular weight is 282 g/mol. The summed E-state index contributed by atoms with van der Waals surface area (Å²) in [4.78, 5) is 0. The molecule has 22 heavy (non-hydrogen) atoms. The van der Waals surface area contributed by atoms with Crippen LogP contribution in [0.3, 0.4) is 0 Å². The third-order valence-corrected chi connectivity index (χ3v) is 4.11. The molecule has 0 unspecified atom stereocenters. The SMILES string of the molecule is [Li+].c1ccn([B-](n2cccc2)(n2cccc2)n2cccc2)c1. The van der Waals surface area contributed by atoms with E-state index in [0.717, 1.165) is 0 Å². The molecule has 4 aromatic rings. The molecule has 0 atom stereocenters. The number of rotatable bonds is 4. The fourth-order valence-corrected chi connectivity index (χ4v) is 3.24. The predicted octanol–water partition coefficient (Wildman–Crippen LogP) is -0.175. The topological polar surface area (TPSA) is 19.7 Å². The van der Waals surface area contributed by atoms with Crippen molar-refractivity contribution in [3.63, 3.8) is 0 Å². The van der Waals surface area contributed by atoms with Crippen LogP contribution >= 0.6 is 0 Å². The maximum atomic E-state index is 2.25. The van der Waals surface area contributed by atoms with E-state index in [1.54, 1.807) is 0 Å². The van der Waals surface area contributed by atoms with Crippen LogP contribution in [0.25, 0.3) is 0 Å². The second kappa shape index (κ2) is 5.88. The van der Waals surface area contributed by atoms with Gasteiger partial charge in [-0.2, -0.15) is 0 Å². The van der Waals surface area contributed by atoms with Gasteiger partial charge in [0.1, 0.15) is 0 Å². The van der Waals surface area contributed by atoms with Crippen molar-refractivity contribution in [1.82, 2.24) is 17.9 Å². The molecule has 0 N–H and O–H groups in total. The van der Waals surface area contributed by atoms with Crippen molar-refractivity contribution in [2.45, 2.75) is 0 Å². The molecule has 0 radical (unpaired) electrons. The Bertz CT molecular complexity index is 644. The largest absolute Gasteiger partial charge is 1.00 e. The second-order valence-electron chi connectivity index (χ2n) is 5.21. The summed E-state index contributed by atoms with van der Waals surface area (Å²) in [5.41, 5.74) is 0. The fourth-order valence-electron chi connectivity index (χ4n) is 3.24. The molecule has 0 bridgehead atoms. The summed E-state index contributed by atoms with van der Waals surface area (Å²) in [6.45, 7) is -1.39. The molecule has 0 saturated carbocycles. The van der Waals surface area contributed by atoms with Crippen LogP contribution in [-0.2, 0) is 0 Å². The molecule has 0 spiro atoms. The van der Waals surface area contributed by atoms with Gasteiger partial charge in [0, 0.05) is 0 Å². The van der Waals surface area contributed by atoms with Gasteiger partial charge in [0.05, 0.1) is 0 Å². The zero-order valence-electron chi connectivity index (χ0n) is 12.6. The van der Waals surface area contributed by atoms with Crippen LogP contribution in [-0.4, -0.2) is 24.6 Å². The summed E-state index contributed by atoms with van der Waals surface area (Å²) in [7, 11) is 0. The van der Waals surface area contributed by atoms with Crippen LogP contribution in [0.1, 0.15) is 0 Å². The van der Waals surface area contributed by atoms with E-state index >= 15 is 0 Å². The van der Waals surface area contributed by atoms with Gasteiger partial charge < -0.3 is 17.9 Å². The average Bonchev–Trinajstić information content (AvgIpc) is 3.32. The molecule has 4 nitrogen and oxygen atoms in total. The summed E-state index contributed by atoms with van der Waals surface area (Å²) < 4.78 is 9.00. The van der Waals surface area contributed by atoms with Gasteiger partial charge in [-0.25, -0.2) is 0 Å². The van der Waals surface area contributed by atoms with Crippen molar-refractivity contribution >= 4 is 6.69 Å². The molecule has 0 aromatic carbocycles. The Labute approximate surface area is 141 Å². The van der Waals surface area contributed by atoms with Crippen LogP contribution in [0.15, 0.2) is 98.1 Å². The molecule has 4 heterocycles. The number of hydrogen-bond donors (Lipinski definition) is 0. The molecule has 0 fully saturated rings. The van der Waals surface area contributed by atoms with E-state index in [2.05, 4.69) is 116 Å². The fraction of sp³-hybridized carbons (Fsp3) is 0. The molecule has 0 amide bonds. The van der Waals surface area contributed by atoms with E-state index in [1.165, 1.54) is 0 Å². The van der Waals surface area contributed by atoms with Gasteiger partial charge in [0.15, 0.2) is 0 Å². The van der Waals surface area contributed by atoms with Gasteiger partial charge in [0.25, 0.3) is 0 Å². The molecule has 0 aliphatic rings. The Kier molecular flexibility index (Phi) is 3.93. The molecular weight excluding hydrogens is 266 g/mol. The van der Waals surface area contributed by atoms with Gasteiger partial charge in [-0.1, -0.05) is 0 Å². The Morgan fingerprint density at radius 3 is 0.727 bits per heavy atom. The molecule has 4 rings (SSSR count). The van der Waals surface area contributed by atoms with Gasteiger partial charge in [-0.15, -0.1) is 0 Å². The zero-order chi connectivity index (χ0) is 14.1. The molecule has 104 valence electrons. The standard InChI is InChI=1S/C16H16BN4.Li/c1-2-10-18(9-1)17(19-11-3-4-12-19,20-13-5-6-14-20)21-15-7-8-16-21;/h1-16H;/q-1;+1. The van der Waals surface area contributed by atoms with Crippen LogP contribution < -0.4 is 18.9 Å². The Morgan fingerprint density at radius 2 is 0.545 bits per heavy atom. The molecule has 0 saturated heterocycles. The van der Waals surface area contributed by atoms with Gasteiger partial charge >= 0.3 is 25.5 Å².